The molecule has 1 saturated heterocycles. The molecule has 1 aliphatic rings. The average molecular weight is 424 g/mol. The number of benzene rings is 1. The molecule has 1 fully saturated rings. The van der Waals surface area contributed by atoms with Crippen LogP contribution in [-0.2, 0) is 20.9 Å². The lowest BCUT2D eigenvalue weighted by Gasteiger charge is -2.36. The van der Waals surface area contributed by atoms with Gasteiger partial charge in [-0.15, -0.1) is 0 Å². The first-order chi connectivity index (χ1) is 12.4. The summed E-state index contributed by atoms with van der Waals surface area (Å²) in [5, 5.41) is 19.7. The van der Waals surface area contributed by atoms with Gasteiger partial charge in [-0.25, -0.2) is 0 Å². The van der Waals surface area contributed by atoms with Gasteiger partial charge in [0.15, 0.2) is 0 Å². The third-order valence-electron chi connectivity index (χ3n) is 4.57. The lowest BCUT2D eigenvalue weighted by Crippen LogP contribution is -2.48. The number of carbonyl (C=O) groups is 3. The minimum absolute atomic E-state index is 0.247. The number of hydrogen-bond donors (Lipinski definition) is 2. The van der Waals surface area contributed by atoms with E-state index in [9.17, 15) is 19.5 Å². The summed E-state index contributed by atoms with van der Waals surface area (Å²) in [4.78, 5) is 37.5. The molecule has 0 bridgehead atoms. The number of carboxylic acid groups (broad SMARTS) is 2. The Bertz CT molecular complexity index is 857. The van der Waals surface area contributed by atoms with Gasteiger partial charge < -0.3 is 19.7 Å². The molecule has 1 aliphatic heterocycles. The summed E-state index contributed by atoms with van der Waals surface area (Å²) in [6, 6.07) is 4.47. The fraction of sp³-hybridized carbons (Fsp3) is 0.353. The summed E-state index contributed by atoms with van der Waals surface area (Å²) < 4.78 is 2.34. The van der Waals surface area contributed by atoms with Crippen molar-refractivity contribution in [2.24, 2.45) is 0 Å². The summed E-state index contributed by atoms with van der Waals surface area (Å²) in [5.41, 5.74) is 1.22. The van der Waals surface area contributed by atoms with Crippen LogP contribution in [0.3, 0.4) is 0 Å². The van der Waals surface area contributed by atoms with Crippen molar-refractivity contribution >= 4 is 45.2 Å². The van der Waals surface area contributed by atoms with Gasteiger partial charge in [0.25, 0.3) is 0 Å². The molecule has 0 saturated carbocycles. The summed E-state index contributed by atoms with van der Waals surface area (Å²) in [6.45, 7) is 1.56. The maximum absolute atomic E-state index is 12.0. The number of rotatable bonds is 6. The van der Waals surface area contributed by atoms with E-state index in [4.69, 9.17) is 5.11 Å². The molecule has 2 heterocycles. The highest BCUT2D eigenvalue weighted by molar-refractivity contribution is 9.10. The van der Waals surface area contributed by atoms with Gasteiger partial charge in [-0.2, -0.15) is 0 Å². The highest BCUT2D eigenvalue weighted by Crippen LogP contribution is 2.33. The second-order valence-corrected chi connectivity index (χ2v) is 7.10. The number of piperazine rings is 1. The number of hydrogen-bond acceptors (Lipinski definition) is 4. The number of aliphatic carboxylic acids is 2. The molecule has 1 amide bonds. The first kappa shape index (κ1) is 18.4. The topological polar surface area (TPSA) is 103 Å². The Balaban J connectivity index is 2.05. The van der Waals surface area contributed by atoms with Crippen LogP contribution in [-0.4, -0.2) is 69.1 Å². The second kappa shape index (κ2) is 7.46. The number of carboxylic acids is 2. The Morgan fingerprint density at radius 2 is 1.88 bits per heavy atom. The highest BCUT2D eigenvalue weighted by atomic mass is 79.9. The van der Waals surface area contributed by atoms with Crippen molar-refractivity contribution in [1.29, 1.82) is 0 Å². The predicted octanol–water partition coefficient (Wildman–Crippen LogP) is 1.39. The second-order valence-electron chi connectivity index (χ2n) is 6.19. The van der Waals surface area contributed by atoms with Crippen molar-refractivity contribution in [3.05, 3.63) is 34.4 Å². The Hall–Kier alpha value is -2.39. The lowest BCUT2D eigenvalue weighted by atomic mass is 10.0. The Kier molecular flexibility index (Phi) is 5.28. The SMILES string of the molecule is O=CN1CCN([C@H](C(=O)O)c2cn(CC(=O)O)c3ccc(Br)cc23)CC1. The largest absolute Gasteiger partial charge is 0.480 e. The number of aromatic nitrogens is 1. The van der Waals surface area contributed by atoms with Crippen molar-refractivity contribution in [1.82, 2.24) is 14.4 Å². The number of halogens is 1. The summed E-state index contributed by atoms with van der Waals surface area (Å²) in [6.07, 6.45) is 2.37. The van der Waals surface area contributed by atoms with E-state index in [1.54, 1.807) is 33.9 Å². The zero-order chi connectivity index (χ0) is 18.8. The fourth-order valence-electron chi connectivity index (χ4n) is 3.38. The number of carbonyl (C=O) groups excluding carboxylic acids is 1. The first-order valence-electron chi connectivity index (χ1n) is 8.07. The summed E-state index contributed by atoms with van der Waals surface area (Å²) in [5.74, 6) is -2.00. The molecule has 2 N–H and O–H groups in total. The standard InChI is InChI=1S/C17H18BrN3O5/c18-11-1-2-14-12(7-11)13(8-21(14)9-15(23)24)16(17(25)26)20-5-3-19(10-22)4-6-20/h1-2,7-8,10,16H,3-6,9H2,(H,23,24)(H,25,26)/t16-/m0/s1. The van der Waals surface area contributed by atoms with E-state index in [0.29, 0.717) is 42.6 Å². The Morgan fingerprint density at radius 1 is 1.19 bits per heavy atom. The molecule has 1 aromatic heterocycles. The van der Waals surface area contributed by atoms with Crippen molar-refractivity contribution < 1.29 is 24.6 Å². The van der Waals surface area contributed by atoms with Crippen LogP contribution in [0.5, 0.6) is 0 Å². The smallest absolute Gasteiger partial charge is 0.325 e. The van der Waals surface area contributed by atoms with Crippen molar-refractivity contribution in [3.63, 3.8) is 0 Å². The maximum Gasteiger partial charge on any atom is 0.325 e. The minimum Gasteiger partial charge on any atom is -0.480 e. The van der Waals surface area contributed by atoms with Crippen LogP contribution in [0.25, 0.3) is 10.9 Å². The Morgan fingerprint density at radius 3 is 2.46 bits per heavy atom. The number of nitrogens with zero attached hydrogens (tertiary/aromatic N) is 3. The van der Waals surface area contributed by atoms with Gasteiger partial charge >= 0.3 is 11.9 Å². The summed E-state index contributed by atoms with van der Waals surface area (Å²) >= 11 is 3.39. The van der Waals surface area contributed by atoms with E-state index in [2.05, 4.69) is 15.9 Å². The van der Waals surface area contributed by atoms with E-state index in [-0.39, 0.29) is 6.54 Å². The van der Waals surface area contributed by atoms with E-state index < -0.39 is 18.0 Å². The quantitative estimate of drug-likeness (QED) is 0.680. The normalized spacial score (nSPS) is 16.6. The highest BCUT2D eigenvalue weighted by Gasteiger charge is 2.32. The molecule has 1 aromatic carbocycles. The zero-order valence-electron chi connectivity index (χ0n) is 13.8. The van der Waals surface area contributed by atoms with Crippen LogP contribution in [0.15, 0.2) is 28.9 Å². The van der Waals surface area contributed by atoms with E-state index in [1.165, 1.54) is 0 Å². The van der Waals surface area contributed by atoms with Crippen molar-refractivity contribution in [2.75, 3.05) is 26.2 Å². The molecule has 9 heteroatoms. The molecule has 26 heavy (non-hydrogen) atoms. The molecular weight excluding hydrogens is 406 g/mol. The molecule has 2 aromatic rings. The van der Waals surface area contributed by atoms with Crippen molar-refractivity contribution in [2.45, 2.75) is 12.6 Å². The number of fused-ring (bicyclic) bond motifs is 1. The van der Waals surface area contributed by atoms with Crippen molar-refractivity contribution in [3.8, 4) is 0 Å². The lowest BCUT2D eigenvalue weighted by molar-refractivity contribution is -0.144. The van der Waals surface area contributed by atoms with E-state index in [1.807, 2.05) is 4.90 Å². The predicted molar refractivity (Wildman–Crippen MR) is 96.9 cm³/mol. The molecule has 3 rings (SSSR count). The van der Waals surface area contributed by atoms with E-state index >= 15 is 0 Å². The van der Waals surface area contributed by atoms with Crippen LogP contribution >= 0.6 is 15.9 Å². The van der Waals surface area contributed by atoms with Crippen LogP contribution < -0.4 is 0 Å². The van der Waals surface area contributed by atoms with Crippen LogP contribution in [0, 0.1) is 0 Å². The molecule has 1 atom stereocenters. The van der Waals surface area contributed by atoms with Gasteiger partial charge in [0, 0.05) is 53.3 Å². The average Bonchev–Trinajstić information content (AvgIpc) is 2.92. The van der Waals surface area contributed by atoms with E-state index in [0.717, 1.165) is 10.9 Å². The van der Waals surface area contributed by atoms with Gasteiger partial charge in [0.2, 0.25) is 6.41 Å². The van der Waals surface area contributed by atoms with Gasteiger partial charge in [-0.3, -0.25) is 19.3 Å². The molecular formula is C17H18BrN3O5. The van der Waals surface area contributed by atoms with Crippen LogP contribution in [0.1, 0.15) is 11.6 Å². The third-order valence-corrected chi connectivity index (χ3v) is 5.06. The fourth-order valence-corrected chi connectivity index (χ4v) is 3.74. The monoisotopic (exact) mass is 423 g/mol. The molecule has 0 unspecified atom stereocenters. The molecule has 0 radical (unpaired) electrons. The van der Waals surface area contributed by atoms with Crippen LogP contribution in [0.2, 0.25) is 0 Å². The van der Waals surface area contributed by atoms with Gasteiger partial charge in [0.05, 0.1) is 0 Å². The summed E-state index contributed by atoms with van der Waals surface area (Å²) in [7, 11) is 0. The zero-order valence-corrected chi connectivity index (χ0v) is 15.4. The molecule has 8 nitrogen and oxygen atoms in total. The van der Waals surface area contributed by atoms with Gasteiger partial charge in [-0.05, 0) is 18.2 Å². The molecule has 0 spiro atoms. The molecule has 0 aliphatic carbocycles. The van der Waals surface area contributed by atoms with Crippen LogP contribution in [0.4, 0.5) is 0 Å². The van der Waals surface area contributed by atoms with Gasteiger partial charge in [0.1, 0.15) is 12.6 Å². The maximum atomic E-state index is 12.0. The van der Waals surface area contributed by atoms with Gasteiger partial charge in [-0.1, -0.05) is 15.9 Å². The Labute approximate surface area is 157 Å². The number of amides is 1. The third kappa shape index (κ3) is 3.58. The minimum atomic E-state index is -1.00. The molecule has 138 valence electrons. The first-order valence-corrected chi connectivity index (χ1v) is 8.86.